The number of carboxylic acids is 1. The van der Waals surface area contributed by atoms with Crippen LogP contribution in [-0.4, -0.2) is 23.8 Å². The Morgan fingerprint density at radius 2 is 2.00 bits per heavy atom. The summed E-state index contributed by atoms with van der Waals surface area (Å²) in [4.78, 5) is 9.99. The quantitative estimate of drug-likeness (QED) is 0.686. The number of hydrogen-bond acceptors (Lipinski definition) is 2. The van der Waals surface area contributed by atoms with Crippen molar-refractivity contribution in [3.8, 4) is 0 Å². The van der Waals surface area contributed by atoms with E-state index in [4.69, 9.17) is 10.8 Å². The third-order valence-electron chi connectivity index (χ3n) is 1.40. The van der Waals surface area contributed by atoms with E-state index in [1.807, 2.05) is 0 Å². The summed E-state index contributed by atoms with van der Waals surface area (Å²) >= 11 is 0. The van der Waals surface area contributed by atoms with Crippen LogP contribution in [0.3, 0.4) is 0 Å². The lowest BCUT2D eigenvalue weighted by molar-refractivity contribution is -0.183. The van der Waals surface area contributed by atoms with E-state index in [1.54, 1.807) is 0 Å². The Morgan fingerprint density at radius 3 is 2.25 bits per heavy atom. The second-order valence-electron chi connectivity index (χ2n) is 2.41. The Bertz CT molecular complexity index is 157. The molecular weight excluding hydrogens is 175 g/mol. The minimum Gasteiger partial charge on any atom is -0.481 e. The van der Waals surface area contributed by atoms with E-state index in [9.17, 15) is 18.0 Å². The molecule has 0 saturated carbocycles. The van der Waals surface area contributed by atoms with E-state index in [0.717, 1.165) is 0 Å². The minimum absolute atomic E-state index is 0.155. The van der Waals surface area contributed by atoms with Crippen LogP contribution in [0.25, 0.3) is 0 Å². The minimum atomic E-state index is -4.46. The zero-order valence-corrected chi connectivity index (χ0v) is 6.27. The maximum absolute atomic E-state index is 11.9. The molecule has 0 heterocycles. The van der Waals surface area contributed by atoms with Gasteiger partial charge < -0.3 is 10.8 Å². The molecule has 0 saturated heterocycles. The van der Waals surface area contributed by atoms with Crippen molar-refractivity contribution in [1.82, 2.24) is 0 Å². The van der Waals surface area contributed by atoms with Gasteiger partial charge >= 0.3 is 12.1 Å². The first kappa shape index (κ1) is 11.2. The van der Waals surface area contributed by atoms with Crippen molar-refractivity contribution < 1.29 is 23.1 Å². The van der Waals surface area contributed by atoms with Gasteiger partial charge in [0.2, 0.25) is 0 Å². The van der Waals surface area contributed by atoms with Gasteiger partial charge in [-0.2, -0.15) is 13.2 Å². The normalized spacial score (nSPS) is 14.3. The molecular formula is C6H10F3NO2. The lowest BCUT2D eigenvalue weighted by atomic mass is 10.0. The molecule has 0 aromatic rings. The third kappa shape index (κ3) is 4.17. The van der Waals surface area contributed by atoms with E-state index in [-0.39, 0.29) is 13.0 Å². The van der Waals surface area contributed by atoms with Crippen LogP contribution in [0, 0.1) is 5.92 Å². The zero-order valence-electron chi connectivity index (χ0n) is 6.27. The molecule has 0 aliphatic rings. The number of halogens is 3. The molecule has 3 nitrogen and oxygen atoms in total. The topological polar surface area (TPSA) is 63.3 Å². The van der Waals surface area contributed by atoms with Gasteiger partial charge in [-0.3, -0.25) is 4.79 Å². The lowest BCUT2D eigenvalue weighted by Crippen LogP contribution is -2.27. The highest BCUT2D eigenvalue weighted by molar-refractivity contribution is 5.67. The smallest absolute Gasteiger partial charge is 0.392 e. The molecule has 72 valence electrons. The van der Waals surface area contributed by atoms with Crippen LogP contribution in [0.5, 0.6) is 0 Å². The van der Waals surface area contributed by atoms with Gasteiger partial charge in [0.1, 0.15) is 0 Å². The standard InChI is InChI=1S/C6H10F3NO2/c7-6(8,9)4(1-2-10)3-5(11)12/h4H,1-3,10H2,(H,11,12)/t4-/m0/s1. The summed E-state index contributed by atoms with van der Waals surface area (Å²) in [7, 11) is 0. The van der Waals surface area contributed by atoms with Crippen molar-refractivity contribution in [1.29, 1.82) is 0 Å². The summed E-state index contributed by atoms with van der Waals surface area (Å²) in [6, 6.07) is 0. The molecule has 0 aliphatic heterocycles. The molecule has 0 fully saturated rings. The Hall–Kier alpha value is -0.780. The monoisotopic (exact) mass is 185 g/mol. The van der Waals surface area contributed by atoms with Gasteiger partial charge in [-0.1, -0.05) is 0 Å². The summed E-state index contributed by atoms with van der Waals surface area (Å²) in [5.41, 5.74) is 4.91. The summed E-state index contributed by atoms with van der Waals surface area (Å²) in [6.07, 6.45) is -5.70. The molecule has 6 heteroatoms. The van der Waals surface area contributed by atoms with Crippen LogP contribution >= 0.6 is 0 Å². The number of rotatable bonds is 4. The second kappa shape index (κ2) is 4.30. The van der Waals surface area contributed by atoms with E-state index in [2.05, 4.69) is 0 Å². The summed E-state index contributed by atoms with van der Waals surface area (Å²) in [5, 5.41) is 8.13. The zero-order chi connectivity index (χ0) is 9.78. The van der Waals surface area contributed by atoms with E-state index in [1.165, 1.54) is 0 Å². The van der Waals surface area contributed by atoms with Gasteiger partial charge in [-0.15, -0.1) is 0 Å². The highest BCUT2D eigenvalue weighted by Gasteiger charge is 2.39. The number of alkyl halides is 3. The molecule has 0 aromatic carbocycles. The fourth-order valence-electron chi connectivity index (χ4n) is 0.793. The van der Waals surface area contributed by atoms with Gasteiger partial charge in [0.25, 0.3) is 0 Å². The Balaban J connectivity index is 4.13. The molecule has 3 N–H and O–H groups in total. The molecule has 0 aliphatic carbocycles. The van der Waals surface area contributed by atoms with Crippen LogP contribution < -0.4 is 5.73 Å². The average molecular weight is 185 g/mol. The number of hydrogen-bond donors (Lipinski definition) is 2. The molecule has 0 unspecified atom stereocenters. The van der Waals surface area contributed by atoms with Crippen molar-refractivity contribution in [3.63, 3.8) is 0 Å². The van der Waals surface area contributed by atoms with Crippen molar-refractivity contribution in [2.75, 3.05) is 6.54 Å². The molecule has 0 amide bonds. The van der Waals surface area contributed by atoms with Crippen molar-refractivity contribution >= 4 is 5.97 Å². The van der Waals surface area contributed by atoms with E-state index >= 15 is 0 Å². The summed E-state index contributed by atoms with van der Waals surface area (Å²) in [6.45, 7) is -0.155. The largest absolute Gasteiger partial charge is 0.481 e. The van der Waals surface area contributed by atoms with Gasteiger partial charge in [0.05, 0.1) is 12.3 Å². The number of aliphatic carboxylic acids is 1. The first-order valence-corrected chi connectivity index (χ1v) is 3.36. The van der Waals surface area contributed by atoms with Crippen LogP contribution in [0.4, 0.5) is 13.2 Å². The van der Waals surface area contributed by atoms with Gasteiger partial charge in [0.15, 0.2) is 0 Å². The number of carboxylic acid groups (broad SMARTS) is 1. The van der Waals surface area contributed by atoms with Crippen LogP contribution in [0.15, 0.2) is 0 Å². The van der Waals surface area contributed by atoms with Crippen LogP contribution in [0.1, 0.15) is 12.8 Å². The summed E-state index contributed by atoms with van der Waals surface area (Å²) < 4.78 is 35.8. The van der Waals surface area contributed by atoms with Crippen molar-refractivity contribution in [3.05, 3.63) is 0 Å². The predicted octanol–water partition coefficient (Wildman–Crippen LogP) is 0.988. The van der Waals surface area contributed by atoms with Crippen LogP contribution in [-0.2, 0) is 4.79 Å². The second-order valence-corrected chi connectivity index (χ2v) is 2.41. The maximum atomic E-state index is 11.9. The van der Waals surface area contributed by atoms with Gasteiger partial charge in [-0.25, -0.2) is 0 Å². The highest BCUT2D eigenvalue weighted by atomic mass is 19.4. The first-order chi connectivity index (χ1) is 5.38. The Labute approximate surface area is 67.4 Å². The predicted molar refractivity (Wildman–Crippen MR) is 35.5 cm³/mol. The van der Waals surface area contributed by atoms with E-state index in [0.29, 0.717) is 0 Å². The molecule has 0 bridgehead atoms. The molecule has 0 aromatic heterocycles. The van der Waals surface area contributed by atoms with Crippen molar-refractivity contribution in [2.24, 2.45) is 11.7 Å². The fourth-order valence-corrected chi connectivity index (χ4v) is 0.793. The Kier molecular flexibility index (Phi) is 4.02. The Morgan fingerprint density at radius 1 is 1.50 bits per heavy atom. The lowest BCUT2D eigenvalue weighted by Gasteiger charge is -2.16. The SMILES string of the molecule is NCC[C@@H](CC(=O)O)C(F)(F)F. The fraction of sp³-hybridized carbons (Fsp3) is 0.833. The van der Waals surface area contributed by atoms with Gasteiger partial charge in [-0.05, 0) is 13.0 Å². The highest BCUT2D eigenvalue weighted by Crippen LogP contribution is 2.30. The first-order valence-electron chi connectivity index (χ1n) is 3.36. The molecule has 1 atom stereocenters. The van der Waals surface area contributed by atoms with Gasteiger partial charge in [0, 0.05) is 0 Å². The average Bonchev–Trinajstić information content (AvgIpc) is 1.83. The number of carbonyl (C=O) groups is 1. The third-order valence-corrected chi connectivity index (χ3v) is 1.40. The maximum Gasteiger partial charge on any atom is 0.392 e. The van der Waals surface area contributed by atoms with Crippen LogP contribution in [0.2, 0.25) is 0 Å². The molecule has 12 heavy (non-hydrogen) atoms. The van der Waals surface area contributed by atoms with Crippen molar-refractivity contribution in [2.45, 2.75) is 19.0 Å². The van der Waals surface area contributed by atoms with E-state index < -0.39 is 24.5 Å². The molecule has 0 radical (unpaired) electrons. The summed E-state index contributed by atoms with van der Waals surface area (Å²) in [5.74, 6) is -3.27. The molecule has 0 rings (SSSR count). The number of nitrogens with two attached hydrogens (primary N) is 1. The molecule has 0 spiro atoms.